The Morgan fingerprint density at radius 2 is 1.86 bits per heavy atom. The van der Waals surface area contributed by atoms with Crippen LogP contribution in [0, 0.1) is 12.3 Å². The van der Waals surface area contributed by atoms with Crippen molar-refractivity contribution in [2.24, 2.45) is 0 Å². The normalized spacial score (nSPS) is 23.2. The second-order valence-corrected chi connectivity index (χ2v) is 7.29. The quantitative estimate of drug-likeness (QED) is 0.598. The van der Waals surface area contributed by atoms with Crippen LogP contribution in [0.1, 0.15) is 34.3 Å². The monoisotopic (exact) mass is 370 g/mol. The zero-order valence-corrected chi connectivity index (χ0v) is 15.7. The molecule has 2 heterocycles. The number of amides is 2. The van der Waals surface area contributed by atoms with Crippen molar-refractivity contribution in [3.05, 3.63) is 83.9 Å². The number of fused-ring (bicyclic) bond motifs is 2. The number of carbonyl (C=O) groups excluding carboxylic acids is 2. The number of carbonyl (C=O) groups is 2. The van der Waals surface area contributed by atoms with Gasteiger partial charge in [0.2, 0.25) is 5.91 Å². The van der Waals surface area contributed by atoms with E-state index < -0.39 is 5.54 Å². The van der Waals surface area contributed by atoms with Crippen molar-refractivity contribution < 1.29 is 9.59 Å². The molecule has 140 valence electrons. The highest BCUT2D eigenvalue weighted by Gasteiger charge is 2.61. The molecule has 2 aromatic rings. The maximum atomic E-state index is 13.2. The van der Waals surface area contributed by atoms with Crippen LogP contribution in [0.4, 0.5) is 0 Å². The third kappa shape index (κ3) is 2.55. The van der Waals surface area contributed by atoms with Gasteiger partial charge in [-0.2, -0.15) is 0 Å². The van der Waals surface area contributed by atoms with Gasteiger partial charge in [0.25, 0.3) is 5.91 Å². The molecule has 0 bridgehead atoms. The van der Waals surface area contributed by atoms with E-state index >= 15 is 0 Å². The molecule has 1 spiro atoms. The van der Waals surface area contributed by atoms with Crippen molar-refractivity contribution in [1.29, 1.82) is 0 Å². The first-order valence-corrected chi connectivity index (χ1v) is 9.42. The number of hydrogen-bond donors (Lipinski definition) is 0. The van der Waals surface area contributed by atoms with E-state index in [1.54, 1.807) is 4.90 Å². The van der Waals surface area contributed by atoms with Crippen LogP contribution in [0.5, 0.6) is 0 Å². The summed E-state index contributed by atoms with van der Waals surface area (Å²) in [5, 5.41) is 0. The van der Waals surface area contributed by atoms with E-state index in [-0.39, 0.29) is 30.8 Å². The fourth-order valence-electron chi connectivity index (χ4n) is 4.71. The third-order valence-corrected chi connectivity index (χ3v) is 5.85. The van der Waals surface area contributed by atoms with Gasteiger partial charge in [-0.15, -0.1) is 13.0 Å². The van der Waals surface area contributed by atoms with E-state index in [9.17, 15) is 9.59 Å². The zero-order valence-electron chi connectivity index (χ0n) is 15.7. The van der Waals surface area contributed by atoms with E-state index in [1.165, 1.54) is 0 Å². The first-order valence-electron chi connectivity index (χ1n) is 9.42. The summed E-state index contributed by atoms with van der Waals surface area (Å²) in [7, 11) is 0. The van der Waals surface area contributed by atoms with Crippen molar-refractivity contribution in [3.8, 4) is 12.3 Å². The van der Waals surface area contributed by atoms with Crippen LogP contribution in [0.25, 0.3) is 0 Å². The highest BCUT2D eigenvalue weighted by molar-refractivity contribution is 6.02. The smallest absolute Gasteiger partial charge is 0.255 e. The van der Waals surface area contributed by atoms with Gasteiger partial charge in [0.15, 0.2) is 0 Å². The molecular weight excluding hydrogens is 348 g/mol. The highest BCUT2D eigenvalue weighted by atomic mass is 16.2. The fourth-order valence-corrected chi connectivity index (χ4v) is 4.71. The summed E-state index contributed by atoms with van der Waals surface area (Å²) >= 11 is 0. The van der Waals surface area contributed by atoms with Crippen molar-refractivity contribution in [2.75, 3.05) is 6.54 Å². The lowest BCUT2D eigenvalue weighted by molar-refractivity contribution is -0.129. The Balaban J connectivity index is 1.84. The number of benzene rings is 2. The number of terminal acetylenes is 1. The molecule has 28 heavy (non-hydrogen) atoms. The summed E-state index contributed by atoms with van der Waals surface area (Å²) in [6.45, 7) is 4.58. The predicted octanol–water partition coefficient (Wildman–Crippen LogP) is 3.35. The molecule has 0 unspecified atom stereocenters. The second kappa shape index (κ2) is 7.01. The summed E-state index contributed by atoms with van der Waals surface area (Å²) in [5.41, 5.74) is 1.84. The van der Waals surface area contributed by atoms with Crippen LogP contribution in [-0.2, 0) is 16.9 Å². The topological polar surface area (TPSA) is 40.6 Å². The molecule has 4 nitrogen and oxygen atoms in total. The largest absolute Gasteiger partial charge is 0.332 e. The van der Waals surface area contributed by atoms with Gasteiger partial charge in [-0.05, 0) is 23.6 Å². The molecule has 4 heteroatoms. The molecule has 0 saturated carbocycles. The maximum Gasteiger partial charge on any atom is 0.255 e. The number of likely N-dealkylation sites (tertiary alicyclic amines) is 1. The summed E-state index contributed by atoms with van der Waals surface area (Å²) in [6, 6.07) is 17.3. The van der Waals surface area contributed by atoms with Gasteiger partial charge in [-0.1, -0.05) is 60.5 Å². The molecule has 0 aromatic heterocycles. The van der Waals surface area contributed by atoms with Gasteiger partial charge in [0.1, 0.15) is 0 Å². The van der Waals surface area contributed by atoms with Crippen LogP contribution in [0.2, 0.25) is 0 Å². The van der Waals surface area contributed by atoms with Gasteiger partial charge in [0.05, 0.1) is 24.5 Å². The lowest BCUT2D eigenvalue weighted by atomic mass is 9.81. The minimum Gasteiger partial charge on any atom is -0.332 e. The van der Waals surface area contributed by atoms with Crippen molar-refractivity contribution in [2.45, 2.75) is 31.0 Å². The Kier molecular flexibility index (Phi) is 4.52. The minimum atomic E-state index is -0.750. The van der Waals surface area contributed by atoms with Gasteiger partial charge < -0.3 is 9.80 Å². The van der Waals surface area contributed by atoms with Crippen LogP contribution < -0.4 is 0 Å². The predicted molar refractivity (Wildman–Crippen MR) is 108 cm³/mol. The van der Waals surface area contributed by atoms with Crippen molar-refractivity contribution >= 4 is 11.8 Å². The molecule has 2 aliphatic rings. The molecule has 0 aliphatic carbocycles. The minimum absolute atomic E-state index is 0.0298. The van der Waals surface area contributed by atoms with E-state index in [4.69, 9.17) is 6.42 Å². The second-order valence-electron chi connectivity index (χ2n) is 7.29. The zero-order chi connectivity index (χ0) is 19.7. The first kappa shape index (κ1) is 18.1. The van der Waals surface area contributed by atoms with E-state index in [1.807, 2.05) is 65.6 Å². The number of nitrogens with zero attached hydrogens (tertiary/aromatic N) is 2. The summed E-state index contributed by atoms with van der Waals surface area (Å²) in [5.74, 6) is 2.55. The third-order valence-electron chi connectivity index (χ3n) is 5.85. The Morgan fingerprint density at radius 1 is 1.14 bits per heavy atom. The fraction of sp³-hybridized carbons (Fsp3) is 0.250. The first-order chi connectivity index (χ1) is 13.6. The van der Waals surface area contributed by atoms with E-state index in [2.05, 4.69) is 12.5 Å². The van der Waals surface area contributed by atoms with Gasteiger partial charge >= 0.3 is 0 Å². The molecular formula is C24H22N2O2. The number of rotatable bonds is 5. The average molecular weight is 370 g/mol. The molecule has 0 radical (unpaired) electrons. The van der Waals surface area contributed by atoms with Gasteiger partial charge in [0, 0.05) is 12.1 Å². The van der Waals surface area contributed by atoms with E-state index in [0.29, 0.717) is 18.5 Å². The van der Waals surface area contributed by atoms with Crippen LogP contribution >= 0.6 is 0 Å². The number of hydrogen-bond acceptors (Lipinski definition) is 2. The Hall–Kier alpha value is -3.32. The Bertz CT molecular complexity index is 976. The summed E-state index contributed by atoms with van der Waals surface area (Å²) in [6.07, 6.45) is 8.25. The van der Waals surface area contributed by atoms with Crippen LogP contribution in [0.15, 0.2) is 67.3 Å². The van der Waals surface area contributed by atoms with Crippen molar-refractivity contribution in [3.63, 3.8) is 0 Å². The molecule has 2 aromatic carbocycles. The van der Waals surface area contributed by atoms with Gasteiger partial charge in [-0.25, -0.2) is 0 Å². The average Bonchev–Trinajstić information content (AvgIpc) is 3.11. The van der Waals surface area contributed by atoms with Gasteiger partial charge in [-0.3, -0.25) is 9.59 Å². The SMILES string of the molecule is C#CCN1C(=O)c2ccccc2[C@@]12CC(=O)N(Cc1ccccc1)[C@@H]2CC=C. The molecule has 4 rings (SSSR count). The molecule has 1 saturated heterocycles. The Morgan fingerprint density at radius 3 is 2.57 bits per heavy atom. The standard InChI is InChI=1S/C24H22N2O2/c1-3-10-21-24(16-22(27)25(21)17-18-11-6-5-7-12-18)20-14-9-8-13-19(20)23(28)26(24)15-4-2/h2-3,5-9,11-14,21H,1,10,15-17H2/t21-,24-/m1/s1. The lowest BCUT2D eigenvalue weighted by Crippen LogP contribution is -2.52. The maximum absolute atomic E-state index is 13.2. The summed E-state index contributed by atoms with van der Waals surface area (Å²) in [4.78, 5) is 29.9. The van der Waals surface area contributed by atoms with E-state index in [0.717, 1.165) is 11.1 Å². The molecule has 2 aliphatic heterocycles. The molecule has 1 fully saturated rings. The molecule has 2 atom stereocenters. The van der Waals surface area contributed by atoms with Crippen molar-refractivity contribution in [1.82, 2.24) is 9.80 Å². The Labute approximate surface area is 165 Å². The summed E-state index contributed by atoms with van der Waals surface area (Å²) < 4.78 is 0. The van der Waals surface area contributed by atoms with Crippen LogP contribution in [0.3, 0.4) is 0 Å². The van der Waals surface area contributed by atoms with Crippen LogP contribution in [-0.4, -0.2) is 34.2 Å². The lowest BCUT2D eigenvalue weighted by Gasteiger charge is -2.41. The molecule has 2 amide bonds. The molecule has 0 N–H and O–H groups in total. The highest BCUT2D eigenvalue weighted by Crippen LogP contribution is 2.51.